The van der Waals surface area contributed by atoms with Crippen LogP contribution in [0.2, 0.25) is 0 Å². The first-order valence-corrected chi connectivity index (χ1v) is 14.9. The molecule has 0 saturated heterocycles. The maximum Gasteiger partial charge on any atom is 0.0970 e. The van der Waals surface area contributed by atoms with Crippen LogP contribution < -0.4 is 0 Å². The third-order valence-corrected chi connectivity index (χ3v) is 8.52. The molecule has 0 aliphatic carbocycles. The molecule has 44 heavy (non-hydrogen) atoms. The summed E-state index contributed by atoms with van der Waals surface area (Å²) in [7, 11) is 0. The monoisotopic (exact) mass is 562 g/mol. The van der Waals surface area contributed by atoms with Crippen LogP contribution in [0.1, 0.15) is 0 Å². The van der Waals surface area contributed by atoms with Crippen LogP contribution in [-0.2, 0) is 0 Å². The highest BCUT2D eigenvalue weighted by Gasteiger charge is 2.17. The summed E-state index contributed by atoms with van der Waals surface area (Å²) in [5.74, 6) is 0. The van der Waals surface area contributed by atoms with E-state index in [1.54, 1.807) is 0 Å². The van der Waals surface area contributed by atoms with E-state index in [0.29, 0.717) is 0 Å². The van der Waals surface area contributed by atoms with Crippen LogP contribution in [-0.4, -0.2) is 19.1 Å². The predicted octanol–water partition coefficient (Wildman–Crippen LogP) is 10.0. The largest absolute Gasteiger partial charge is 0.308 e. The topological polar surface area (TPSA) is 35.6 Å². The summed E-state index contributed by atoms with van der Waals surface area (Å²) >= 11 is 0. The number of nitrogens with zero attached hydrogens (tertiary/aromatic N) is 4. The van der Waals surface area contributed by atoms with E-state index in [0.717, 1.165) is 77.8 Å². The maximum absolute atomic E-state index is 5.17. The Morgan fingerprint density at radius 2 is 0.773 bits per heavy atom. The molecule has 0 fully saturated rings. The normalized spacial score (nSPS) is 11.6. The molecule has 0 unspecified atom stereocenters. The van der Waals surface area contributed by atoms with Crippen molar-refractivity contribution in [2.45, 2.75) is 0 Å². The summed E-state index contributed by atoms with van der Waals surface area (Å²) in [4.78, 5) is 10.3. The summed E-state index contributed by atoms with van der Waals surface area (Å²) < 4.78 is 4.66. The van der Waals surface area contributed by atoms with Crippen molar-refractivity contribution in [1.82, 2.24) is 19.1 Å². The Hall–Kier alpha value is -6.00. The van der Waals surface area contributed by atoms with Crippen LogP contribution in [0.4, 0.5) is 0 Å². The molecule has 4 heteroatoms. The molecule has 4 nitrogen and oxygen atoms in total. The van der Waals surface area contributed by atoms with Crippen LogP contribution in [0.25, 0.3) is 77.8 Å². The molecule has 0 spiro atoms. The number of aromatic nitrogens is 4. The number of rotatable bonds is 4. The van der Waals surface area contributed by atoms with Gasteiger partial charge in [0.25, 0.3) is 0 Å². The van der Waals surface area contributed by atoms with E-state index in [-0.39, 0.29) is 0 Å². The van der Waals surface area contributed by atoms with Gasteiger partial charge in [-0.3, -0.25) is 0 Å². The van der Waals surface area contributed by atoms with Gasteiger partial charge in [0.05, 0.1) is 44.5 Å². The standard InChI is InChI=1S/C40H26N4/c1-3-12-27(13-4-1)33-22-24-37-39(41-33)31-18-7-9-20-35(31)43(37)29-16-11-17-30(26-29)44-36-21-10-8-19-32(36)40-38(44)25-23-34(42-40)28-14-5-2-6-15-28/h1-26H. The number of fused-ring (bicyclic) bond motifs is 6. The molecule has 0 aliphatic rings. The molecule has 0 amide bonds. The fourth-order valence-corrected chi connectivity index (χ4v) is 6.53. The van der Waals surface area contributed by atoms with E-state index in [2.05, 4.69) is 155 Å². The molecule has 0 saturated carbocycles. The van der Waals surface area contributed by atoms with Gasteiger partial charge in [-0.1, -0.05) is 103 Å². The van der Waals surface area contributed by atoms with E-state index in [1.807, 2.05) is 12.1 Å². The van der Waals surface area contributed by atoms with Crippen LogP contribution in [0, 0.1) is 0 Å². The van der Waals surface area contributed by atoms with E-state index in [4.69, 9.17) is 9.97 Å². The van der Waals surface area contributed by atoms with E-state index in [9.17, 15) is 0 Å². The lowest BCUT2D eigenvalue weighted by atomic mass is 10.1. The first kappa shape index (κ1) is 24.6. The van der Waals surface area contributed by atoms with Crippen molar-refractivity contribution in [2.24, 2.45) is 0 Å². The third kappa shape index (κ3) is 3.78. The molecule has 4 heterocycles. The molecule has 0 atom stereocenters. The zero-order chi connectivity index (χ0) is 29.0. The second kappa shape index (κ2) is 9.79. The first-order chi connectivity index (χ1) is 21.8. The first-order valence-electron chi connectivity index (χ1n) is 14.9. The Morgan fingerprint density at radius 3 is 1.25 bits per heavy atom. The maximum atomic E-state index is 5.17. The van der Waals surface area contributed by atoms with Crippen LogP contribution >= 0.6 is 0 Å². The zero-order valence-electron chi connectivity index (χ0n) is 23.8. The minimum atomic E-state index is 0.974. The fourth-order valence-electron chi connectivity index (χ4n) is 6.53. The highest BCUT2D eigenvalue weighted by atomic mass is 15.0. The van der Waals surface area contributed by atoms with E-state index < -0.39 is 0 Å². The summed E-state index contributed by atoms with van der Waals surface area (Å²) in [6, 6.07) is 55.3. The average molecular weight is 563 g/mol. The van der Waals surface area contributed by atoms with Crippen molar-refractivity contribution in [3.05, 3.63) is 158 Å². The lowest BCUT2D eigenvalue weighted by Crippen LogP contribution is -1.99. The van der Waals surface area contributed by atoms with E-state index >= 15 is 0 Å². The SMILES string of the molecule is c1ccc(-c2ccc3c(n2)c2ccccc2n3-c2cccc(-n3c4ccccc4c4nc(-c5ccccc5)ccc43)c2)cc1. The molecule has 0 radical (unpaired) electrons. The minimum absolute atomic E-state index is 0.974. The molecule has 0 aliphatic heterocycles. The number of benzene rings is 5. The summed E-state index contributed by atoms with van der Waals surface area (Å²) in [5, 5.41) is 2.28. The third-order valence-electron chi connectivity index (χ3n) is 8.52. The molecule has 0 N–H and O–H groups in total. The summed E-state index contributed by atoms with van der Waals surface area (Å²) in [6.07, 6.45) is 0. The van der Waals surface area contributed by atoms with E-state index in [1.165, 1.54) is 0 Å². The van der Waals surface area contributed by atoms with Crippen molar-refractivity contribution < 1.29 is 0 Å². The van der Waals surface area contributed by atoms with Gasteiger partial charge < -0.3 is 9.13 Å². The molecule has 0 bridgehead atoms. The van der Waals surface area contributed by atoms with Crippen LogP contribution in [0.3, 0.4) is 0 Å². The lowest BCUT2D eigenvalue weighted by molar-refractivity contribution is 1.13. The predicted molar refractivity (Wildman–Crippen MR) is 182 cm³/mol. The fraction of sp³-hybridized carbons (Fsp3) is 0. The zero-order valence-corrected chi connectivity index (χ0v) is 23.8. The highest BCUT2D eigenvalue weighted by Crippen LogP contribution is 2.36. The van der Waals surface area contributed by atoms with Gasteiger partial charge in [0.2, 0.25) is 0 Å². The minimum Gasteiger partial charge on any atom is -0.308 e. The van der Waals surface area contributed by atoms with Gasteiger partial charge in [-0.15, -0.1) is 0 Å². The summed E-state index contributed by atoms with van der Waals surface area (Å²) in [6.45, 7) is 0. The van der Waals surface area contributed by atoms with Gasteiger partial charge in [-0.25, -0.2) is 9.97 Å². The lowest BCUT2D eigenvalue weighted by Gasteiger charge is -2.13. The molecule has 9 rings (SSSR count). The number of hydrogen-bond acceptors (Lipinski definition) is 2. The molecular formula is C40H26N4. The Balaban J connectivity index is 1.25. The van der Waals surface area contributed by atoms with Crippen molar-refractivity contribution in [2.75, 3.05) is 0 Å². The summed E-state index contributed by atoms with van der Waals surface area (Å²) in [5.41, 5.74) is 12.8. The molecule has 9 aromatic rings. The number of hydrogen-bond donors (Lipinski definition) is 0. The average Bonchev–Trinajstić information content (AvgIpc) is 3.61. The van der Waals surface area contributed by atoms with Crippen molar-refractivity contribution in [1.29, 1.82) is 0 Å². The quantitative estimate of drug-likeness (QED) is 0.214. The van der Waals surface area contributed by atoms with Gasteiger partial charge in [0.1, 0.15) is 0 Å². The second-order valence-electron chi connectivity index (χ2n) is 11.1. The van der Waals surface area contributed by atoms with Crippen molar-refractivity contribution in [3.63, 3.8) is 0 Å². The Bertz CT molecular complexity index is 2320. The molecule has 206 valence electrons. The van der Waals surface area contributed by atoms with Crippen molar-refractivity contribution in [3.8, 4) is 33.9 Å². The number of pyridine rings is 2. The number of para-hydroxylation sites is 2. The smallest absolute Gasteiger partial charge is 0.0970 e. The molecule has 5 aromatic carbocycles. The molecule has 4 aromatic heterocycles. The Morgan fingerprint density at radius 1 is 0.341 bits per heavy atom. The van der Waals surface area contributed by atoms with Crippen LogP contribution in [0.5, 0.6) is 0 Å². The Kier molecular flexibility index (Phi) is 5.47. The second-order valence-corrected chi connectivity index (χ2v) is 11.1. The van der Waals surface area contributed by atoms with Gasteiger partial charge in [-0.2, -0.15) is 0 Å². The Labute approximate surface area is 254 Å². The van der Waals surface area contributed by atoms with Crippen LogP contribution in [0.15, 0.2) is 158 Å². The van der Waals surface area contributed by atoms with Gasteiger partial charge in [0.15, 0.2) is 0 Å². The van der Waals surface area contributed by atoms with Gasteiger partial charge in [-0.05, 0) is 54.6 Å². The van der Waals surface area contributed by atoms with Gasteiger partial charge >= 0.3 is 0 Å². The van der Waals surface area contributed by atoms with Crippen molar-refractivity contribution >= 4 is 43.9 Å². The highest BCUT2D eigenvalue weighted by molar-refractivity contribution is 6.09. The van der Waals surface area contributed by atoms with Gasteiger partial charge in [0, 0.05) is 33.3 Å². The molecular weight excluding hydrogens is 536 g/mol.